The molecule has 3 rings (SSSR count). The van der Waals surface area contributed by atoms with Crippen LogP contribution in [0.15, 0.2) is 29.2 Å². The van der Waals surface area contributed by atoms with E-state index in [4.69, 9.17) is 39.5 Å². The van der Waals surface area contributed by atoms with Crippen LogP contribution in [-0.2, 0) is 4.74 Å². The van der Waals surface area contributed by atoms with Crippen LogP contribution in [0.3, 0.4) is 0 Å². The van der Waals surface area contributed by atoms with Crippen LogP contribution in [0.5, 0.6) is 0 Å². The zero-order chi connectivity index (χ0) is 18.2. The molecule has 2 heterocycles. The number of halogens is 3. The minimum atomic E-state index is -0.483. The van der Waals surface area contributed by atoms with E-state index in [1.165, 1.54) is 10.9 Å². The van der Waals surface area contributed by atoms with Gasteiger partial charge in [0.2, 0.25) is 0 Å². The van der Waals surface area contributed by atoms with Crippen LogP contribution in [-0.4, -0.2) is 35.1 Å². The van der Waals surface area contributed by atoms with Crippen molar-refractivity contribution < 1.29 is 4.74 Å². The molecule has 0 spiro atoms. The molecule has 1 aliphatic rings. The van der Waals surface area contributed by atoms with Gasteiger partial charge in [0.05, 0.1) is 39.8 Å². The van der Waals surface area contributed by atoms with Gasteiger partial charge in [0.15, 0.2) is 0 Å². The molecule has 0 N–H and O–H groups in total. The van der Waals surface area contributed by atoms with Crippen LogP contribution in [0.1, 0.15) is 20.3 Å². The van der Waals surface area contributed by atoms with Crippen molar-refractivity contribution >= 4 is 40.5 Å². The van der Waals surface area contributed by atoms with Crippen molar-refractivity contribution in [2.24, 2.45) is 0 Å². The van der Waals surface area contributed by atoms with Crippen LogP contribution in [0.25, 0.3) is 5.69 Å². The summed E-state index contributed by atoms with van der Waals surface area (Å²) in [5.41, 5.74) is 0.760. The summed E-state index contributed by atoms with van der Waals surface area (Å²) in [5.74, 6) is 0. The Morgan fingerprint density at radius 3 is 2.72 bits per heavy atom. The van der Waals surface area contributed by atoms with Crippen molar-refractivity contribution in [1.82, 2.24) is 9.78 Å². The van der Waals surface area contributed by atoms with E-state index in [-0.39, 0.29) is 15.6 Å². The van der Waals surface area contributed by atoms with Crippen LogP contribution in [0.4, 0.5) is 5.69 Å². The normalized spacial score (nSPS) is 20.8. The largest absolute Gasteiger partial charge is 0.372 e. The SMILES string of the molecule is CCC1(C)CN(c2ccc(-n3ncc(Cl)c(Cl)c3=O)cc2Cl)CCO1. The number of ether oxygens (including phenoxy) is 1. The van der Waals surface area contributed by atoms with Gasteiger partial charge in [-0.05, 0) is 31.5 Å². The minimum Gasteiger partial charge on any atom is -0.372 e. The lowest BCUT2D eigenvalue weighted by Crippen LogP contribution is -2.50. The Labute approximate surface area is 161 Å². The van der Waals surface area contributed by atoms with Gasteiger partial charge in [0.25, 0.3) is 5.56 Å². The van der Waals surface area contributed by atoms with Gasteiger partial charge in [-0.15, -0.1) is 0 Å². The van der Waals surface area contributed by atoms with Crippen LogP contribution in [0.2, 0.25) is 15.1 Å². The topological polar surface area (TPSA) is 47.4 Å². The van der Waals surface area contributed by atoms with E-state index in [2.05, 4.69) is 23.8 Å². The summed E-state index contributed by atoms with van der Waals surface area (Å²) < 4.78 is 7.05. The van der Waals surface area contributed by atoms with Gasteiger partial charge < -0.3 is 9.64 Å². The standard InChI is InChI=1S/C17H18Cl3N3O2/c1-3-17(2)10-22(6-7-25-17)14-5-4-11(8-12(14)18)23-16(24)15(20)13(19)9-21-23/h4-5,8-9H,3,6-7,10H2,1-2H3. The van der Waals surface area contributed by atoms with Crippen molar-refractivity contribution in [3.63, 3.8) is 0 Å². The third-order valence-electron chi connectivity index (χ3n) is 4.48. The maximum Gasteiger partial charge on any atom is 0.291 e. The Hall–Kier alpha value is -1.27. The van der Waals surface area contributed by atoms with Crippen molar-refractivity contribution in [1.29, 1.82) is 0 Å². The van der Waals surface area contributed by atoms with E-state index >= 15 is 0 Å². The molecule has 0 aliphatic carbocycles. The Balaban J connectivity index is 1.94. The number of morpholine rings is 1. The van der Waals surface area contributed by atoms with Crippen LogP contribution in [0, 0.1) is 0 Å². The number of aromatic nitrogens is 2. The number of nitrogens with zero attached hydrogens (tertiary/aromatic N) is 3. The first kappa shape index (κ1) is 18.5. The zero-order valence-electron chi connectivity index (χ0n) is 13.9. The lowest BCUT2D eigenvalue weighted by molar-refractivity contribution is -0.0441. The highest BCUT2D eigenvalue weighted by atomic mass is 35.5. The number of hydrogen-bond acceptors (Lipinski definition) is 4. The third kappa shape index (κ3) is 3.65. The molecule has 1 aromatic carbocycles. The van der Waals surface area contributed by atoms with Gasteiger partial charge in [-0.3, -0.25) is 4.79 Å². The Kier molecular flexibility index (Phi) is 5.30. The molecule has 0 bridgehead atoms. The molecule has 1 unspecified atom stereocenters. The number of benzene rings is 1. The fraction of sp³-hybridized carbons (Fsp3) is 0.412. The molecular formula is C17H18Cl3N3O2. The monoisotopic (exact) mass is 401 g/mol. The predicted molar refractivity (Wildman–Crippen MR) is 102 cm³/mol. The van der Waals surface area contributed by atoms with Gasteiger partial charge in [-0.25, -0.2) is 0 Å². The summed E-state index contributed by atoms with van der Waals surface area (Å²) in [6.07, 6.45) is 2.25. The maximum atomic E-state index is 12.2. The van der Waals surface area contributed by atoms with E-state index < -0.39 is 5.56 Å². The molecular weight excluding hydrogens is 385 g/mol. The fourth-order valence-electron chi connectivity index (χ4n) is 2.83. The summed E-state index contributed by atoms with van der Waals surface area (Å²) in [4.78, 5) is 14.4. The maximum absolute atomic E-state index is 12.2. The molecule has 2 aromatic rings. The van der Waals surface area contributed by atoms with Crippen molar-refractivity contribution in [2.75, 3.05) is 24.6 Å². The summed E-state index contributed by atoms with van der Waals surface area (Å²) in [6, 6.07) is 5.38. The first-order valence-corrected chi connectivity index (χ1v) is 9.10. The number of anilines is 1. The molecule has 1 atom stereocenters. The Morgan fingerprint density at radius 1 is 1.28 bits per heavy atom. The number of hydrogen-bond donors (Lipinski definition) is 0. The van der Waals surface area contributed by atoms with Gasteiger partial charge in [0.1, 0.15) is 5.02 Å². The molecule has 1 fully saturated rings. The van der Waals surface area contributed by atoms with Crippen LogP contribution < -0.4 is 10.5 Å². The molecule has 8 heteroatoms. The Bertz CT molecular complexity index is 856. The van der Waals surface area contributed by atoms with Gasteiger partial charge in [-0.1, -0.05) is 41.7 Å². The quantitative estimate of drug-likeness (QED) is 0.772. The second-order valence-corrected chi connectivity index (χ2v) is 7.43. The molecule has 25 heavy (non-hydrogen) atoms. The van der Waals surface area contributed by atoms with E-state index in [0.717, 1.165) is 25.2 Å². The second-order valence-electron chi connectivity index (χ2n) is 6.23. The van der Waals surface area contributed by atoms with Crippen molar-refractivity contribution in [3.05, 3.63) is 49.8 Å². The molecule has 1 aromatic heterocycles. The second kappa shape index (κ2) is 7.16. The molecule has 0 amide bonds. The Morgan fingerprint density at radius 2 is 2.04 bits per heavy atom. The lowest BCUT2D eigenvalue weighted by Gasteiger charge is -2.41. The first-order chi connectivity index (χ1) is 11.8. The van der Waals surface area contributed by atoms with Gasteiger partial charge in [0, 0.05) is 13.1 Å². The van der Waals surface area contributed by atoms with E-state index in [1.807, 2.05) is 6.07 Å². The number of rotatable bonds is 3. The average Bonchev–Trinajstić information content (AvgIpc) is 2.60. The highest BCUT2D eigenvalue weighted by Gasteiger charge is 2.31. The summed E-state index contributed by atoms with van der Waals surface area (Å²) in [5, 5.41) is 4.62. The summed E-state index contributed by atoms with van der Waals surface area (Å²) in [6.45, 7) is 6.38. The smallest absolute Gasteiger partial charge is 0.291 e. The molecule has 5 nitrogen and oxygen atoms in total. The van der Waals surface area contributed by atoms with E-state index in [9.17, 15) is 4.79 Å². The zero-order valence-corrected chi connectivity index (χ0v) is 16.2. The summed E-state index contributed by atoms with van der Waals surface area (Å²) >= 11 is 18.2. The highest BCUT2D eigenvalue weighted by molar-refractivity contribution is 6.41. The average molecular weight is 403 g/mol. The molecule has 0 saturated carbocycles. The minimum absolute atomic E-state index is 0.0660. The van der Waals surface area contributed by atoms with Gasteiger partial charge in [-0.2, -0.15) is 9.78 Å². The van der Waals surface area contributed by atoms with Crippen molar-refractivity contribution in [2.45, 2.75) is 25.9 Å². The van der Waals surface area contributed by atoms with E-state index in [0.29, 0.717) is 17.3 Å². The molecule has 134 valence electrons. The molecule has 1 aliphatic heterocycles. The third-order valence-corrected chi connectivity index (χ3v) is 5.53. The van der Waals surface area contributed by atoms with Gasteiger partial charge >= 0.3 is 0 Å². The molecule has 0 radical (unpaired) electrons. The van der Waals surface area contributed by atoms with E-state index in [1.54, 1.807) is 12.1 Å². The van der Waals surface area contributed by atoms with Crippen LogP contribution >= 0.6 is 34.8 Å². The van der Waals surface area contributed by atoms with Crippen molar-refractivity contribution in [3.8, 4) is 5.69 Å². The fourth-order valence-corrected chi connectivity index (χ4v) is 3.38. The lowest BCUT2D eigenvalue weighted by atomic mass is 10.0. The summed E-state index contributed by atoms with van der Waals surface area (Å²) in [7, 11) is 0. The molecule has 1 saturated heterocycles. The first-order valence-electron chi connectivity index (χ1n) is 7.97. The predicted octanol–water partition coefficient (Wildman–Crippen LogP) is 4.20. The highest BCUT2D eigenvalue weighted by Crippen LogP contribution is 2.32.